The van der Waals surface area contributed by atoms with Crippen molar-refractivity contribution in [2.24, 2.45) is 0 Å². The summed E-state index contributed by atoms with van der Waals surface area (Å²) < 4.78 is 0. The van der Waals surface area contributed by atoms with Crippen LogP contribution in [0.25, 0.3) is 6.08 Å². The second kappa shape index (κ2) is 7.28. The molecule has 1 N–H and O–H groups in total. The fourth-order valence-electron chi connectivity index (χ4n) is 4.52. The van der Waals surface area contributed by atoms with Gasteiger partial charge in [0, 0.05) is 12.1 Å². The number of aromatic hydroxyl groups is 1. The maximum absolute atomic E-state index is 13.1. The topological polar surface area (TPSA) is 64.3 Å². The third kappa shape index (κ3) is 3.46. The van der Waals surface area contributed by atoms with Gasteiger partial charge in [0.1, 0.15) is 17.4 Å². The van der Waals surface area contributed by atoms with Gasteiger partial charge in [0.2, 0.25) is 0 Å². The molecule has 1 amide bonds. The number of phenolic OH excluding ortho intramolecular Hbond substituents is 1. The molecule has 3 atom stereocenters. The van der Waals surface area contributed by atoms with E-state index in [2.05, 4.69) is 30.3 Å². The number of carbonyl (C=O) groups excluding carboxylic acids is 1. The normalized spacial score (nSPS) is 24.5. The van der Waals surface area contributed by atoms with Crippen molar-refractivity contribution in [2.45, 2.75) is 43.7 Å². The molecule has 2 aliphatic rings. The summed E-state index contributed by atoms with van der Waals surface area (Å²) in [6, 6.07) is 19.5. The standard InChI is InChI=1S/C23H22N2O2/c24-15-19(12-16-6-10-22(26)11-7-16)23(27)25-20-8-9-21(25)14-18(13-20)17-4-2-1-3-5-17/h1-7,10-12,18,20-21,26H,8-9,13-14H2/t18?,20-,21+. The molecule has 0 aromatic heterocycles. The van der Waals surface area contributed by atoms with E-state index in [1.165, 1.54) is 5.56 Å². The molecule has 2 fully saturated rings. The summed E-state index contributed by atoms with van der Waals surface area (Å²) in [6.45, 7) is 0. The molecule has 0 radical (unpaired) electrons. The average Bonchev–Trinajstić information content (AvgIpc) is 2.97. The lowest BCUT2D eigenvalue weighted by molar-refractivity contribution is -0.131. The molecule has 1 unspecified atom stereocenters. The highest BCUT2D eigenvalue weighted by atomic mass is 16.3. The van der Waals surface area contributed by atoms with Gasteiger partial charge in [0.25, 0.3) is 5.91 Å². The zero-order valence-corrected chi connectivity index (χ0v) is 15.1. The van der Waals surface area contributed by atoms with Crippen LogP contribution in [0.1, 0.15) is 42.7 Å². The van der Waals surface area contributed by atoms with Gasteiger partial charge in [0.05, 0.1) is 0 Å². The Hall–Kier alpha value is -3.06. The molecule has 2 saturated heterocycles. The monoisotopic (exact) mass is 358 g/mol. The highest BCUT2D eigenvalue weighted by molar-refractivity contribution is 6.02. The van der Waals surface area contributed by atoms with Crippen molar-refractivity contribution < 1.29 is 9.90 Å². The molecule has 136 valence electrons. The van der Waals surface area contributed by atoms with Gasteiger partial charge in [-0.3, -0.25) is 4.79 Å². The Morgan fingerprint density at radius 2 is 1.67 bits per heavy atom. The summed E-state index contributed by atoms with van der Waals surface area (Å²) in [6.07, 6.45) is 5.56. The minimum Gasteiger partial charge on any atom is -0.508 e. The van der Waals surface area contributed by atoms with E-state index in [9.17, 15) is 15.2 Å². The summed E-state index contributed by atoms with van der Waals surface area (Å²) in [5, 5.41) is 18.9. The second-order valence-corrected chi connectivity index (χ2v) is 7.44. The lowest BCUT2D eigenvalue weighted by Gasteiger charge is -2.39. The Bertz CT molecular complexity index is 882. The predicted molar refractivity (Wildman–Crippen MR) is 104 cm³/mol. The van der Waals surface area contributed by atoms with E-state index in [0.29, 0.717) is 5.92 Å². The molecular weight excluding hydrogens is 336 g/mol. The molecular formula is C23H22N2O2. The van der Waals surface area contributed by atoms with Gasteiger partial charge < -0.3 is 10.0 Å². The van der Waals surface area contributed by atoms with Crippen molar-refractivity contribution in [1.82, 2.24) is 4.90 Å². The lowest BCUT2D eigenvalue weighted by atomic mass is 9.85. The van der Waals surface area contributed by atoms with Crippen molar-refractivity contribution >= 4 is 12.0 Å². The van der Waals surface area contributed by atoms with Crippen LogP contribution in [0, 0.1) is 11.3 Å². The Kier molecular flexibility index (Phi) is 4.68. The van der Waals surface area contributed by atoms with Gasteiger partial charge in [-0.25, -0.2) is 0 Å². The maximum Gasteiger partial charge on any atom is 0.265 e. The first-order valence-corrected chi connectivity index (χ1v) is 9.44. The van der Waals surface area contributed by atoms with Crippen LogP contribution in [0.4, 0.5) is 0 Å². The smallest absolute Gasteiger partial charge is 0.265 e. The minimum absolute atomic E-state index is 0.162. The Morgan fingerprint density at radius 3 is 2.26 bits per heavy atom. The third-order valence-electron chi connectivity index (χ3n) is 5.79. The van der Waals surface area contributed by atoms with Crippen LogP contribution in [-0.2, 0) is 4.79 Å². The first-order valence-electron chi connectivity index (χ1n) is 9.44. The number of fused-ring (bicyclic) bond motifs is 2. The van der Waals surface area contributed by atoms with Crippen LogP contribution in [0.3, 0.4) is 0 Å². The van der Waals surface area contributed by atoms with Crippen molar-refractivity contribution in [3.05, 3.63) is 71.3 Å². The van der Waals surface area contributed by atoms with E-state index in [4.69, 9.17) is 0 Å². The number of phenols is 1. The van der Waals surface area contributed by atoms with Gasteiger partial charge in [-0.1, -0.05) is 42.5 Å². The van der Waals surface area contributed by atoms with E-state index in [-0.39, 0.29) is 29.3 Å². The van der Waals surface area contributed by atoms with Gasteiger partial charge in [-0.2, -0.15) is 5.26 Å². The number of benzene rings is 2. The number of rotatable bonds is 3. The van der Waals surface area contributed by atoms with Crippen LogP contribution in [0.5, 0.6) is 5.75 Å². The quantitative estimate of drug-likeness (QED) is 0.659. The Balaban J connectivity index is 1.54. The summed E-state index contributed by atoms with van der Waals surface area (Å²) in [4.78, 5) is 15.0. The van der Waals surface area contributed by atoms with E-state index in [1.54, 1.807) is 30.3 Å². The molecule has 2 aromatic carbocycles. The fourth-order valence-corrected chi connectivity index (χ4v) is 4.52. The molecule has 4 heteroatoms. The number of hydrogen-bond donors (Lipinski definition) is 1. The number of amides is 1. The first-order chi connectivity index (χ1) is 13.2. The SMILES string of the molecule is N#CC(=Cc1ccc(O)cc1)C(=O)N1[C@@H]2CC[C@H]1CC(c1ccccc1)C2. The molecule has 4 rings (SSSR count). The van der Waals surface area contributed by atoms with Crippen LogP contribution in [-0.4, -0.2) is 28.0 Å². The summed E-state index contributed by atoms with van der Waals surface area (Å²) in [7, 11) is 0. The van der Waals surface area contributed by atoms with Crippen molar-refractivity contribution in [3.8, 4) is 11.8 Å². The second-order valence-electron chi connectivity index (χ2n) is 7.44. The van der Waals surface area contributed by atoms with Crippen molar-refractivity contribution in [1.29, 1.82) is 5.26 Å². The summed E-state index contributed by atoms with van der Waals surface area (Å²) in [5.74, 6) is 0.488. The van der Waals surface area contributed by atoms with E-state index in [1.807, 2.05) is 11.0 Å². The van der Waals surface area contributed by atoms with Crippen LogP contribution in [0.15, 0.2) is 60.2 Å². The molecule has 4 nitrogen and oxygen atoms in total. The molecule has 2 heterocycles. The van der Waals surface area contributed by atoms with Gasteiger partial charge >= 0.3 is 0 Å². The predicted octanol–water partition coefficient (Wildman–Crippen LogP) is 4.24. The van der Waals surface area contributed by atoms with Gasteiger partial charge in [0.15, 0.2) is 0 Å². The minimum atomic E-state index is -0.162. The maximum atomic E-state index is 13.1. The van der Waals surface area contributed by atoms with E-state index < -0.39 is 0 Å². The Morgan fingerprint density at radius 1 is 1.04 bits per heavy atom. The van der Waals surface area contributed by atoms with Crippen LogP contribution in [0.2, 0.25) is 0 Å². The van der Waals surface area contributed by atoms with E-state index in [0.717, 1.165) is 31.2 Å². The third-order valence-corrected chi connectivity index (χ3v) is 5.79. The number of nitriles is 1. The zero-order chi connectivity index (χ0) is 18.8. The largest absolute Gasteiger partial charge is 0.508 e. The van der Waals surface area contributed by atoms with Crippen LogP contribution < -0.4 is 0 Å². The highest BCUT2D eigenvalue weighted by Gasteiger charge is 2.44. The zero-order valence-electron chi connectivity index (χ0n) is 15.1. The highest BCUT2D eigenvalue weighted by Crippen LogP contribution is 2.43. The van der Waals surface area contributed by atoms with Gasteiger partial charge in [-0.15, -0.1) is 0 Å². The first kappa shape index (κ1) is 17.4. The molecule has 2 aromatic rings. The number of piperidine rings is 1. The van der Waals surface area contributed by atoms with Crippen molar-refractivity contribution in [2.75, 3.05) is 0 Å². The molecule has 2 bridgehead atoms. The van der Waals surface area contributed by atoms with Crippen molar-refractivity contribution in [3.63, 3.8) is 0 Å². The number of hydrogen-bond acceptors (Lipinski definition) is 3. The number of nitrogens with zero attached hydrogens (tertiary/aromatic N) is 2. The summed E-state index contributed by atoms with van der Waals surface area (Å²) in [5.41, 5.74) is 2.25. The molecule has 0 saturated carbocycles. The molecule has 0 spiro atoms. The average molecular weight is 358 g/mol. The lowest BCUT2D eigenvalue weighted by Crippen LogP contribution is -2.46. The number of carbonyl (C=O) groups is 1. The van der Waals surface area contributed by atoms with Crippen LogP contribution >= 0.6 is 0 Å². The van der Waals surface area contributed by atoms with Gasteiger partial charge in [-0.05, 0) is 60.9 Å². The molecule has 0 aliphatic carbocycles. The van der Waals surface area contributed by atoms with E-state index >= 15 is 0 Å². The Labute approximate surface area is 159 Å². The molecule has 27 heavy (non-hydrogen) atoms. The fraction of sp³-hybridized carbons (Fsp3) is 0.304. The summed E-state index contributed by atoms with van der Waals surface area (Å²) >= 11 is 0. The molecule has 2 aliphatic heterocycles.